The maximum absolute atomic E-state index is 11.5. The van der Waals surface area contributed by atoms with E-state index in [1.54, 1.807) is 0 Å². The van der Waals surface area contributed by atoms with Gasteiger partial charge in [0.1, 0.15) is 11.2 Å². The molecule has 0 unspecified atom stereocenters. The number of H-pyrrole nitrogens is 1. The number of thiophene rings is 1. The number of nitrogens with zero attached hydrogens (tertiary/aromatic N) is 1. The minimum atomic E-state index is -0.106. The first-order valence-corrected chi connectivity index (χ1v) is 6.40. The van der Waals surface area contributed by atoms with E-state index in [0.717, 1.165) is 18.6 Å². The fraction of sp³-hybridized carbons (Fsp3) is 0.250. The highest BCUT2D eigenvalue weighted by atomic mass is 79.9. The van der Waals surface area contributed by atoms with Gasteiger partial charge in [-0.25, -0.2) is 4.98 Å². The lowest BCUT2D eigenvalue weighted by Gasteiger charge is -1.95. The van der Waals surface area contributed by atoms with Crippen LogP contribution in [-0.2, 0) is 6.42 Å². The Balaban J connectivity index is 2.89. The van der Waals surface area contributed by atoms with E-state index in [1.807, 2.05) is 6.92 Å². The van der Waals surface area contributed by atoms with Gasteiger partial charge in [-0.15, -0.1) is 11.3 Å². The Kier molecular flexibility index (Phi) is 2.77. The summed E-state index contributed by atoms with van der Waals surface area (Å²) in [5.74, 6) is 0. The van der Waals surface area contributed by atoms with Gasteiger partial charge in [-0.1, -0.05) is 6.92 Å². The highest BCUT2D eigenvalue weighted by Gasteiger charge is 2.11. The monoisotopic (exact) mass is 336 g/mol. The van der Waals surface area contributed by atoms with Gasteiger partial charge in [0.15, 0.2) is 0 Å². The zero-order valence-corrected chi connectivity index (χ0v) is 11.2. The van der Waals surface area contributed by atoms with E-state index in [1.165, 1.54) is 11.3 Å². The van der Waals surface area contributed by atoms with E-state index in [9.17, 15) is 4.79 Å². The van der Waals surface area contributed by atoms with E-state index in [2.05, 4.69) is 41.8 Å². The summed E-state index contributed by atoms with van der Waals surface area (Å²) in [5, 5.41) is 0. The first kappa shape index (κ1) is 10.3. The van der Waals surface area contributed by atoms with E-state index < -0.39 is 0 Å². The lowest BCUT2D eigenvalue weighted by molar-refractivity contribution is 0.997. The van der Waals surface area contributed by atoms with Crippen LogP contribution in [0.2, 0.25) is 0 Å². The number of hydrogen-bond acceptors (Lipinski definition) is 3. The lowest BCUT2D eigenvalue weighted by Crippen LogP contribution is -2.13. The van der Waals surface area contributed by atoms with Crippen molar-refractivity contribution in [2.45, 2.75) is 13.3 Å². The van der Waals surface area contributed by atoms with Gasteiger partial charge < -0.3 is 4.98 Å². The number of fused-ring (bicyclic) bond motifs is 1. The smallest absolute Gasteiger partial charge is 0.270 e. The van der Waals surface area contributed by atoms with Crippen LogP contribution in [0.3, 0.4) is 0 Å². The number of halogens is 2. The van der Waals surface area contributed by atoms with Crippen LogP contribution in [0.4, 0.5) is 0 Å². The molecule has 0 amide bonds. The van der Waals surface area contributed by atoms with Gasteiger partial charge in [0, 0.05) is 0 Å². The third-order valence-corrected chi connectivity index (χ3v) is 4.38. The van der Waals surface area contributed by atoms with Crippen LogP contribution in [0.1, 0.15) is 12.6 Å². The molecule has 0 aliphatic heterocycles. The second-order valence-corrected chi connectivity index (χ2v) is 6.40. The second kappa shape index (κ2) is 3.75. The average Bonchev–Trinajstić information content (AvgIpc) is 2.41. The molecule has 0 spiro atoms. The average molecular weight is 338 g/mol. The molecule has 0 aromatic carbocycles. The molecule has 6 heteroatoms. The summed E-state index contributed by atoms with van der Waals surface area (Å²) >= 11 is 8.30. The van der Waals surface area contributed by atoms with Gasteiger partial charge in [0.25, 0.3) is 5.56 Å². The van der Waals surface area contributed by atoms with E-state index in [-0.39, 0.29) is 5.56 Å². The number of aryl methyl sites for hydroxylation is 1. The largest absolute Gasteiger partial charge is 0.317 e. The zero-order chi connectivity index (χ0) is 10.3. The molecule has 0 aliphatic rings. The molecule has 0 bridgehead atoms. The number of aromatic nitrogens is 2. The molecular formula is C8H6Br2N2OS. The third kappa shape index (κ3) is 1.55. The van der Waals surface area contributed by atoms with Crippen molar-refractivity contribution in [1.29, 1.82) is 0 Å². The maximum atomic E-state index is 11.5. The number of rotatable bonds is 1. The second-order valence-electron chi connectivity index (χ2n) is 2.74. The van der Waals surface area contributed by atoms with Crippen molar-refractivity contribution in [2.75, 3.05) is 0 Å². The fourth-order valence-corrected chi connectivity index (χ4v) is 4.04. The Bertz CT molecular complexity index is 546. The Morgan fingerprint density at radius 2 is 2.14 bits per heavy atom. The van der Waals surface area contributed by atoms with E-state index in [4.69, 9.17) is 0 Å². The Hall–Kier alpha value is -0.200. The lowest BCUT2D eigenvalue weighted by atomic mass is 10.3. The standard InChI is InChI=1S/C8H6Br2N2OS/c1-2-3-8(13)12-5-4(11-3)6(9)14-7(5)10/h2H2,1H3,(H,12,13). The van der Waals surface area contributed by atoms with Crippen molar-refractivity contribution < 1.29 is 0 Å². The van der Waals surface area contributed by atoms with Crippen LogP contribution in [0, 0.1) is 0 Å². The maximum Gasteiger partial charge on any atom is 0.270 e. The molecule has 2 heterocycles. The molecule has 2 aromatic heterocycles. The van der Waals surface area contributed by atoms with Gasteiger partial charge >= 0.3 is 0 Å². The molecule has 0 atom stereocenters. The molecule has 0 saturated carbocycles. The van der Waals surface area contributed by atoms with E-state index >= 15 is 0 Å². The summed E-state index contributed by atoms with van der Waals surface area (Å²) in [6.07, 6.45) is 0.644. The molecular weight excluding hydrogens is 332 g/mol. The van der Waals surface area contributed by atoms with Crippen LogP contribution in [0.15, 0.2) is 12.4 Å². The normalized spacial score (nSPS) is 11.1. The summed E-state index contributed by atoms with van der Waals surface area (Å²) < 4.78 is 1.83. The highest BCUT2D eigenvalue weighted by molar-refractivity contribution is 9.12. The molecule has 0 aliphatic carbocycles. The molecule has 14 heavy (non-hydrogen) atoms. The van der Waals surface area contributed by atoms with Gasteiger partial charge in [-0.2, -0.15) is 0 Å². The van der Waals surface area contributed by atoms with Crippen LogP contribution in [-0.4, -0.2) is 9.97 Å². The Morgan fingerprint density at radius 1 is 1.43 bits per heavy atom. The van der Waals surface area contributed by atoms with Crippen molar-refractivity contribution in [3.05, 3.63) is 23.6 Å². The SMILES string of the molecule is CCc1nc2c(Br)sc(Br)c2[nH]c1=O. The summed E-state index contributed by atoms with van der Waals surface area (Å²) in [5.41, 5.74) is 2.05. The van der Waals surface area contributed by atoms with Crippen LogP contribution < -0.4 is 5.56 Å². The van der Waals surface area contributed by atoms with Crippen molar-refractivity contribution in [1.82, 2.24) is 9.97 Å². The van der Waals surface area contributed by atoms with Gasteiger partial charge in [0.05, 0.1) is 13.1 Å². The molecule has 0 saturated heterocycles. The van der Waals surface area contributed by atoms with E-state index in [0.29, 0.717) is 12.1 Å². The van der Waals surface area contributed by atoms with Crippen molar-refractivity contribution in [3.63, 3.8) is 0 Å². The summed E-state index contributed by atoms with van der Waals surface area (Å²) in [7, 11) is 0. The predicted molar refractivity (Wildman–Crippen MR) is 65.0 cm³/mol. The molecule has 3 nitrogen and oxygen atoms in total. The first-order valence-electron chi connectivity index (χ1n) is 4.00. The van der Waals surface area contributed by atoms with Crippen molar-refractivity contribution >= 4 is 54.2 Å². The summed E-state index contributed by atoms with van der Waals surface area (Å²) in [6.45, 7) is 1.92. The number of hydrogen-bond donors (Lipinski definition) is 1. The summed E-state index contributed by atoms with van der Waals surface area (Å²) in [4.78, 5) is 18.6. The van der Waals surface area contributed by atoms with Crippen LogP contribution >= 0.6 is 43.2 Å². The first-order chi connectivity index (χ1) is 6.63. The Morgan fingerprint density at radius 3 is 2.79 bits per heavy atom. The molecule has 0 radical (unpaired) electrons. The van der Waals surface area contributed by atoms with Gasteiger partial charge in [-0.05, 0) is 38.3 Å². The fourth-order valence-electron chi connectivity index (χ4n) is 1.19. The summed E-state index contributed by atoms with van der Waals surface area (Å²) in [6, 6.07) is 0. The molecule has 74 valence electrons. The molecule has 2 rings (SSSR count). The quantitative estimate of drug-likeness (QED) is 0.869. The third-order valence-electron chi connectivity index (χ3n) is 1.88. The topological polar surface area (TPSA) is 45.8 Å². The van der Waals surface area contributed by atoms with Crippen LogP contribution in [0.5, 0.6) is 0 Å². The van der Waals surface area contributed by atoms with Gasteiger partial charge in [-0.3, -0.25) is 4.79 Å². The predicted octanol–water partition coefficient (Wildman–Crippen LogP) is 3.07. The zero-order valence-electron chi connectivity index (χ0n) is 7.23. The Labute approximate surface area is 101 Å². The van der Waals surface area contributed by atoms with Crippen molar-refractivity contribution in [3.8, 4) is 0 Å². The molecule has 1 N–H and O–H groups in total. The molecule has 2 aromatic rings. The minimum absolute atomic E-state index is 0.106. The molecule has 0 fully saturated rings. The number of nitrogens with one attached hydrogen (secondary N) is 1. The van der Waals surface area contributed by atoms with Crippen molar-refractivity contribution in [2.24, 2.45) is 0 Å². The van der Waals surface area contributed by atoms with Crippen LogP contribution in [0.25, 0.3) is 11.0 Å². The van der Waals surface area contributed by atoms with Gasteiger partial charge in [0.2, 0.25) is 0 Å². The minimum Gasteiger partial charge on any atom is -0.317 e. The number of aromatic amines is 1. The highest BCUT2D eigenvalue weighted by Crippen LogP contribution is 2.36.